The van der Waals surface area contributed by atoms with Gasteiger partial charge in [0, 0.05) is 11.6 Å². The number of rotatable bonds is 2. The fourth-order valence-corrected chi connectivity index (χ4v) is 1.86. The van der Waals surface area contributed by atoms with Gasteiger partial charge in [-0.15, -0.1) is 10.2 Å². The summed E-state index contributed by atoms with van der Waals surface area (Å²) < 4.78 is 0. The van der Waals surface area contributed by atoms with E-state index in [0.29, 0.717) is 5.69 Å². The number of nitrogens with zero attached hydrogens (tertiary/aromatic N) is 3. The van der Waals surface area contributed by atoms with Gasteiger partial charge in [-0.1, -0.05) is 6.07 Å². The maximum Gasteiger partial charge on any atom is 0.276 e. The van der Waals surface area contributed by atoms with Gasteiger partial charge in [-0.3, -0.25) is 9.78 Å². The van der Waals surface area contributed by atoms with Gasteiger partial charge in [0.15, 0.2) is 5.69 Å². The number of nitrogens with two attached hydrogens (primary N) is 1. The van der Waals surface area contributed by atoms with Gasteiger partial charge < -0.3 is 11.1 Å². The second-order valence-corrected chi connectivity index (χ2v) is 4.17. The molecule has 0 aliphatic carbocycles. The summed E-state index contributed by atoms with van der Waals surface area (Å²) in [6.45, 7) is 0. The molecule has 0 bridgehead atoms. The molecular weight excluding hydrogens is 254 g/mol. The van der Waals surface area contributed by atoms with Crippen LogP contribution >= 0.6 is 0 Å². The van der Waals surface area contributed by atoms with E-state index >= 15 is 0 Å². The van der Waals surface area contributed by atoms with Gasteiger partial charge in [0.25, 0.3) is 5.91 Å². The number of anilines is 2. The zero-order valence-electron chi connectivity index (χ0n) is 10.4. The third-order valence-corrected chi connectivity index (χ3v) is 2.81. The summed E-state index contributed by atoms with van der Waals surface area (Å²) in [7, 11) is 0. The number of amides is 1. The Morgan fingerprint density at radius 1 is 1.05 bits per heavy atom. The van der Waals surface area contributed by atoms with Crippen molar-refractivity contribution in [1.82, 2.24) is 15.2 Å². The summed E-state index contributed by atoms with van der Waals surface area (Å²) in [6, 6.07) is 12.3. The van der Waals surface area contributed by atoms with Gasteiger partial charge in [-0.2, -0.15) is 0 Å². The van der Waals surface area contributed by atoms with Crippen molar-refractivity contribution in [2.24, 2.45) is 0 Å². The lowest BCUT2D eigenvalue weighted by molar-refractivity contribution is 0.102. The van der Waals surface area contributed by atoms with Crippen LogP contribution in [-0.4, -0.2) is 21.1 Å². The average Bonchev–Trinajstić information content (AvgIpc) is 2.48. The van der Waals surface area contributed by atoms with E-state index in [1.54, 1.807) is 6.20 Å². The Morgan fingerprint density at radius 2 is 1.95 bits per heavy atom. The highest BCUT2D eigenvalue weighted by molar-refractivity contribution is 6.07. The molecule has 0 unspecified atom stereocenters. The van der Waals surface area contributed by atoms with Crippen LogP contribution in [0.25, 0.3) is 10.9 Å². The molecule has 2 heterocycles. The molecule has 0 spiro atoms. The Morgan fingerprint density at radius 3 is 2.75 bits per heavy atom. The molecule has 98 valence electrons. The molecule has 1 amide bonds. The van der Waals surface area contributed by atoms with Crippen LogP contribution in [0.2, 0.25) is 0 Å². The van der Waals surface area contributed by atoms with Crippen LogP contribution in [0.4, 0.5) is 11.5 Å². The highest BCUT2D eigenvalue weighted by Crippen LogP contribution is 2.21. The zero-order valence-corrected chi connectivity index (χ0v) is 10.4. The molecule has 20 heavy (non-hydrogen) atoms. The van der Waals surface area contributed by atoms with E-state index in [2.05, 4.69) is 20.5 Å². The number of carbonyl (C=O) groups excluding carboxylic acids is 1. The van der Waals surface area contributed by atoms with E-state index in [1.165, 1.54) is 12.1 Å². The lowest BCUT2D eigenvalue weighted by Gasteiger charge is -2.07. The Kier molecular flexibility index (Phi) is 2.96. The highest BCUT2D eigenvalue weighted by Gasteiger charge is 2.10. The van der Waals surface area contributed by atoms with Gasteiger partial charge >= 0.3 is 0 Å². The minimum Gasteiger partial charge on any atom is -0.382 e. The molecular formula is C14H11N5O. The number of aromatic nitrogens is 3. The number of pyridine rings is 1. The topological polar surface area (TPSA) is 93.8 Å². The van der Waals surface area contributed by atoms with Crippen molar-refractivity contribution in [3.8, 4) is 0 Å². The summed E-state index contributed by atoms with van der Waals surface area (Å²) in [5.41, 5.74) is 7.14. The number of nitrogens with one attached hydrogen (secondary N) is 1. The van der Waals surface area contributed by atoms with E-state index in [0.717, 1.165) is 10.9 Å². The molecule has 0 saturated heterocycles. The molecule has 0 saturated carbocycles. The van der Waals surface area contributed by atoms with Gasteiger partial charge in [-0.05, 0) is 36.4 Å². The predicted molar refractivity (Wildman–Crippen MR) is 76.1 cm³/mol. The summed E-state index contributed by atoms with van der Waals surface area (Å²) in [6.07, 6.45) is 1.71. The second kappa shape index (κ2) is 4.93. The van der Waals surface area contributed by atoms with Crippen molar-refractivity contribution in [2.75, 3.05) is 11.1 Å². The number of fused-ring (bicyclic) bond motifs is 1. The van der Waals surface area contributed by atoms with E-state index in [1.807, 2.05) is 30.3 Å². The molecule has 3 rings (SSSR count). The molecule has 3 N–H and O–H groups in total. The number of nitrogen functional groups attached to an aromatic ring is 1. The Balaban J connectivity index is 1.93. The van der Waals surface area contributed by atoms with E-state index in [4.69, 9.17) is 5.73 Å². The van der Waals surface area contributed by atoms with Crippen LogP contribution in [0.3, 0.4) is 0 Å². The minimum atomic E-state index is -0.339. The van der Waals surface area contributed by atoms with Crippen LogP contribution in [0, 0.1) is 0 Å². The maximum atomic E-state index is 12.1. The third kappa shape index (κ3) is 2.26. The van der Waals surface area contributed by atoms with Crippen LogP contribution < -0.4 is 11.1 Å². The number of carbonyl (C=O) groups is 1. The first-order valence-corrected chi connectivity index (χ1v) is 5.98. The molecule has 0 aliphatic heterocycles. The quantitative estimate of drug-likeness (QED) is 0.737. The van der Waals surface area contributed by atoms with Crippen LogP contribution in [0.5, 0.6) is 0 Å². The fourth-order valence-electron chi connectivity index (χ4n) is 1.86. The van der Waals surface area contributed by atoms with Gasteiger partial charge in [-0.25, -0.2) is 0 Å². The normalized spacial score (nSPS) is 10.4. The summed E-state index contributed by atoms with van der Waals surface area (Å²) in [5.74, 6) is -0.0650. The van der Waals surface area contributed by atoms with E-state index in [-0.39, 0.29) is 17.4 Å². The molecule has 0 radical (unpaired) electrons. The summed E-state index contributed by atoms with van der Waals surface area (Å²) in [5, 5.41) is 11.1. The first kappa shape index (κ1) is 12.0. The average molecular weight is 265 g/mol. The predicted octanol–water partition coefficient (Wildman–Crippen LogP) is 1.86. The lowest BCUT2D eigenvalue weighted by Crippen LogP contribution is -2.14. The van der Waals surface area contributed by atoms with Crippen molar-refractivity contribution in [3.63, 3.8) is 0 Å². The van der Waals surface area contributed by atoms with Crippen LogP contribution in [0.15, 0.2) is 48.7 Å². The lowest BCUT2D eigenvalue weighted by atomic mass is 10.2. The monoisotopic (exact) mass is 265 g/mol. The molecule has 0 aliphatic rings. The highest BCUT2D eigenvalue weighted by atomic mass is 16.1. The Labute approximate surface area is 114 Å². The molecule has 6 heteroatoms. The standard InChI is InChI=1S/C14H11N5O/c15-13-7-6-12(18-19-13)14(20)17-11-5-1-4-10-9(11)3-2-8-16-10/h1-8H,(H2,15,19)(H,17,20). The minimum absolute atomic E-state index is 0.208. The van der Waals surface area contributed by atoms with Crippen LogP contribution in [0.1, 0.15) is 10.5 Å². The smallest absolute Gasteiger partial charge is 0.276 e. The Hall–Kier alpha value is -3.02. The van der Waals surface area contributed by atoms with Crippen molar-refractivity contribution >= 4 is 28.3 Å². The van der Waals surface area contributed by atoms with Crippen molar-refractivity contribution in [3.05, 3.63) is 54.4 Å². The van der Waals surface area contributed by atoms with E-state index in [9.17, 15) is 4.79 Å². The molecule has 2 aromatic heterocycles. The molecule has 3 aromatic rings. The largest absolute Gasteiger partial charge is 0.382 e. The first-order valence-electron chi connectivity index (χ1n) is 5.98. The van der Waals surface area contributed by atoms with Crippen molar-refractivity contribution in [1.29, 1.82) is 0 Å². The fraction of sp³-hybridized carbons (Fsp3) is 0. The van der Waals surface area contributed by atoms with E-state index < -0.39 is 0 Å². The summed E-state index contributed by atoms with van der Waals surface area (Å²) >= 11 is 0. The first-order chi connectivity index (χ1) is 9.74. The number of hydrogen-bond donors (Lipinski definition) is 2. The molecule has 0 fully saturated rings. The summed E-state index contributed by atoms with van der Waals surface area (Å²) in [4.78, 5) is 16.3. The molecule has 0 atom stereocenters. The van der Waals surface area contributed by atoms with Crippen LogP contribution in [-0.2, 0) is 0 Å². The second-order valence-electron chi connectivity index (χ2n) is 4.17. The molecule has 1 aromatic carbocycles. The van der Waals surface area contributed by atoms with Crippen molar-refractivity contribution in [2.45, 2.75) is 0 Å². The third-order valence-electron chi connectivity index (χ3n) is 2.81. The Bertz CT molecular complexity index is 765. The maximum absolute atomic E-state index is 12.1. The van der Waals surface area contributed by atoms with Gasteiger partial charge in [0.2, 0.25) is 0 Å². The molecule has 6 nitrogen and oxygen atoms in total. The van der Waals surface area contributed by atoms with Gasteiger partial charge in [0.1, 0.15) is 5.82 Å². The number of hydrogen-bond acceptors (Lipinski definition) is 5. The zero-order chi connectivity index (χ0) is 13.9. The SMILES string of the molecule is Nc1ccc(C(=O)Nc2cccc3ncccc23)nn1. The van der Waals surface area contributed by atoms with Crippen molar-refractivity contribution < 1.29 is 4.79 Å². The van der Waals surface area contributed by atoms with Gasteiger partial charge in [0.05, 0.1) is 11.2 Å². The number of benzene rings is 1.